The third kappa shape index (κ3) is 6.44. The molecular formula is C32H40N2O6S2. The maximum Gasteiger partial charge on any atom is 0.271 e. The molecule has 0 aromatic heterocycles. The molecule has 226 valence electrons. The van der Waals surface area contributed by atoms with Crippen LogP contribution in [0.25, 0.3) is 0 Å². The van der Waals surface area contributed by atoms with Crippen LogP contribution in [0.3, 0.4) is 0 Å². The number of amides is 2. The fraction of sp³-hybridized carbons (Fsp3) is 0.375. The van der Waals surface area contributed by atoms with Crippen LogP contribution in [0, 0.1) is 41.5 Å². The Kier molecular flexibility index (Phi) is 10.1. The molecule has 0 radical (unpaired) electrons. The number of hydrogen-bond donors (Lipinski definition) is 0. The third-order valence-corrected chi connectivity index (χ3v) is 11.1. The summed E-state index contributed by atoms with van der Waals surface area (Å²) >= 11 is 0. The fourth-order valence-electron chi connectivity index (χ4n) is 4.81. The van der Waals surface area contributed by atoms with Crippen LogP contribution in [0.1, 0.15) is 72.9 Å². The molecule has 3 aromatic carbocycles. The van der Waals surface area contributed by atoms with Crippen LogP contribution in [-0.2, 0) is 29.6 Å². The topological polar surface area (TPSA) is 109 Å². The van der Waals surface area contributed by atoms with Crippen LogP contribution in [-0.4, -0.2) is 28.6 Å². The van der Waals surface area contributed by atoms with E-state index >= 15 is 0 Å². The first-order valence-electron chi connectivity index (χ1n) is 14.0. The van der Waals surface area contributed by atoms with Gasteiger partial charge in [0.05, 0.1) is 21.2 Å². The molecule has 10 heteroatoms. The second-order valence-corrected chi connectivity index (χ2v) is 14.3. The lowest BCUT2D eigenvalue weighted by Crippen LogP contribution is -2.38. The summed E-state index contributed by atoms with van der Waals surface area (Å²) < 4.78 is 57.3. The van der Waals surface area contributed by atoms with Crippen LogP contribution in [0.2, 0.25) is 0 Å². The summed E-state index contributed by atoms with van der Waals surface area (Å²) in [7, 11) is -8.61. The van der Waals surface area contributed by atoms with Gasteiger partial charge in [-0.25, -0.2) is 25.4 Å². The molecule has 0 fully saturated rings. The Bertz CT molecular complexity index is 1600. The maximum absolute atomic E-state index is 13.9. The van der Waals surface area contributed by atoms with Gasteiger partial charge >= 0.3 is 0 Å². The van der Waals surface area contributed by atoms with Gasteiger partial charge in [-0.2, -0.15) is 0 Å². The molecule has 0 heterocycles. The van der Waals surface area contributed by atoms with Gasteiger partial charge in [0.25, 0.3) is 20.0 Å². The zero-order chi connectivity index (χ0) is 31.6. The summed E-state index contributed by atoms with van der Waals surface area (Å²) in [6.07, 6.45) is 0.849. The molecule has 42 heavy (non-hydrogen) atoms. The van der Waals surface area contributed by atoms with Gasteiger partial charge in [-0.3, -0.25) is 9.59 Å². The first kappa shape index (κ1) is 33.0. The van der Waals surface area contributed by atoms with Gasteiger partial charge in [0.15, 0.2) is 0 Å². The molecule has 0 aliphatic rings. The molecule has 3 aromatic rings. The Morgan fingerprint density at radius 3 is 1.10 bits per heavy atom. The molecule has 0 unspecified atom stereocenters. The van der Waals surface area contributed by atoms with E-state index in [1.807, 2.05) is 13.8 Å². The summed E-state index contributed by atoms with van der Waals surface area (Å²) in [5.41, 5.74) is 4.53. The van der Waals surface area contributed by atoms with Gasteiger partial charge in [0.1, 0.15) is 0 Å². The second-order valence-electron chi connectivity index (χ2n) is 10.7. The summed E-state index contributed by atoms with van der Waals surface area (Å²) in [6.45, 7) is 14.3. The molecule has 0 aliphatic heterocycles. The van der Waals surface area contributed by atoms with Crippen molar-refractivity contribution in [2.24, 2.45) is 0 Å². The van der Waals surface area contributed by atoms with Crippen molar-refractivity contribution in [1.82, 2.24) is 0 Å². The highest BCUT2D eigenvalue weighted by Crippen LogP contribution is 2.33. The van der Waals surface area contributed by atoms with E-state index in [2.05, 4.69) is 0 Å². The van der Waals surface area contributed by atoms with Crippen LogP contribution in [0.5, 0.6) is 0 Å². The van der Waals surface area contributed by atoms with Gasteiger partial charge < -0.3 is 0 Å². The molecule has 0 bridgehead atoms. The molecule has 0 saturated carbocycles. The van der Waals surface area contributed by atoms with Crippen molar-refractivity contribution >= 4 is 43.2 Å². The van der Waals surface area contributed by atoms with Crippen molar-refractivity contribution in [1.29, 1.82) is 0 Å². The van der Waals surface area contributed by atoms with E-state index in [1.165, 1.54) is 24.3 Å². The molecule has 0 N–H and O–H groups in total. The smallest absolute Gasteiger partial charge is 0.271 e. The lowest BCUT2D eigenvalue weighted by atomic mass is 10.1. The second kappa shape index (κ2) is 12.8. The average Bonchev–Trinajstić information content (AvgIpc) is 2.89. The van der Waals surface area contributed by atoms with Crippen LogP contribution >= 0.6 is 0 Å². The van der Waals surface area contributed by atoms with E-state index in [9.17, 15) is 26.4 Å². The molecule has 2 amide bonds. The number of hydrogen-bond acceptors (Lipinski definition) is 6. The van der Waals surface area contributed by atoms with E-state index in [1.54, 1.807) is 65.8 Å². The van der Waals surface area contributed by atoms with Crippen molar-refractivity contribution in [3.05, 3.63) is 81.9 Å². The predicted octanol–water partition coefficient (Wildman–Crippen LogP) is 6.58. The van der Waals surface area contributed by atoms with Crippen LogP contribution in [0.4, 0.5) is 11.4 Å². The lowest BCUT2D eigenvalue weighted by Gasteiger charge is -2.26. The zero-order valence-corrected chi connectivity index (χ0v) is 27.2. The van der Waals surface area contributed by atoms with Crippen molar-refractivity contribution in [3.8, 4) is 0 Å². The standard InChI is InChI=1S/C32H40N2O6S2/c1-9-11-31(35)33(41(37,38)29-19-23(5)21(3)17-25(29)7)27-13-15-28(16-14-27)34(32(36)12-10-2)42(39,40)30-20-24(6)22(4)18-26(30)8/h13-20H,9-12H2,1-8H3. The van der Waals surface area contributed by atoms with E-state index in [4.69, 9.17) is 0 Å². The average molecular weight is 613 g/mol. The van der Waals surface area contributed by atoms with Gasteiger partial charge in [0, 0.05) is 12.8 Å². The Hall–Kier alpha value is -3.50. The summed E-state index contributed by atoms with van der Waals surface area (Å²) in [4.78, 5) is 26.6. The number of carbonyl (C=O) groups excluding carboxylic acids is 2. The van der Waals surface area contributed by atoms with E-state index in [0.29, 0.717) is 24.0 Å². The van der Waals surface area contributed by atoms with Gasteiger partial charge in [-0.05, 0) is 124 Å². The van der Waals surface area contributed by atoms with Gasteiger partial charge in [0.2, 0.25) is 11.8 Å². The van der Waals surface area contributed by atoms with Gasteiger partial charge in [-0.15, -0.1) is 0 Å². The summed E-state index contributed by atoms with van der Waals surface area (Å²) in [5, 5.41) is 0. The highest BCUT2D eigenvalue weighted by atomic mass is 32.2. The summed E-state index contributed by atoms with van der Waals surface area (Å²) in [6, 6.07) is 12.1. The molecule has 8 nitrogen and oxygen atoms in total. The highest BCUT2D eigenvalue weighted by molar-refractivity contribution is 7.94. The van der Waals surface area contributed by atoms with Crippen LogP contribution in [0.15, 0.2) is 58.3 Å². The first-order valence-corrected chi connectivity index (χ1v) is 16.9. The fourth-order valence-corrected chi connectivity index (χ4v) is 8.30. The highest BCUT2D eigenvalue weighted by Gasteiger charge is 2.34. The van der Waals surface area contributed by atoms with E-state index < -0.39 is 31.9 Å². The number of sulfonamides is 2. The Morgan fingerprint density at radius 1 is 0.524 bits per heavy atom. The largest absolute Gasteiger partial charge is 0.273 e. The minimum atomic E-state index is -4.30. The van der Waals surface area contributed by atoms with Crippen molar-refractivity contribution in [2.75, 3.05) is 8.61 Å². The Morgan fingerprint density at radius 2 is 0.810 bits per heavy atom. The van der Waals surface area contributed by atoms with Crippen LogP contribution < -0.4 is 8.61 Å². The first-order chi connectivity index (χ1) is 19.6. The monoisotopic (exact) mass is 612 g/mol. The Balaban J connectivity index is 2.19. The number of rotatable bonds is 10. The Labute approximate surface area is 250 Å². The number of nitrogens with zero attached hydrogens (tertiary/aromatic N) is 2. The predicted molar refractivity (Wildman–Crippen MR) is 167 cm³/mol. The zero-order valence-electron chi connectivity index (χ0n) is 25.6. The maximum atomic E-state index is 13.9. The SMILES string of the molecule is CCCC(=O)N(c1ccc(N(C(=O)CCC)S(=O)(=O)c2cc(C)c(C)cc2C)cc1)S(=O)(=O)c1cc(C)c(C)cc1C. The van der Waals surface area contributed by atoms with Crippen molar-refractivity contribution in [3.63, 3.8) is 0 Å². The number of anilines is 2. The van der Waals surface area contributed by atoms with Crippen molar-refractivity contribution in [2.45, 2.75) is 90.9 Å². The molecule has 0 atom stereocenters. The number of benzene rings is 3. The van der Waals surface area contributed by atoms with Gasteiger partial charge in [-0.1, -0.05) is 26.0 Å². The third-order valence-electron chi connectivity index (χ3n) is 7.32. The number of aryl methyl sites for hydroxylation is 6. The van der Waals surface area contributed by atoms with Crippen molar-refractivity contribution < 1.29 is 26.4 Å². The van der Waals surface area contributed by atoms with E-state index in [0.717, 1.165) is 30.9 Å². The minimum absolute atomic E-state index is 0.00753. The molecule has 0 spiro atoms. The molecule has 0 saturated heterocycles. The molecule has 3 rings (SSSR count). The number of carbonyl (C=O) groups is 2. The summed E-state index contributed by atoms with van der Waals surface area (Å²) in [5.74, 6) is -1.22. The normalized spacial score (nSPS) is 11.8. The molecular weight excluding hydrogens is 572 g/mol. The molecule has 0 aliphatic carbocycles. The van der Waals surface area contributed by atoms with E-state index in [-0.39, 0.29) is 34.0 Å². The minimum Gasteiger partial charge on any atom is -0.273 e. The lowest BCUT2D eigenvalue weighted by molar-refractivity contribution is -0.118. The quantitative estimate of drug-likeness (QED) is 0.256.